The van der Waals surface area contributed by atoms with Crippen molar-refractivity contribution in [3.63, 3.8) is 0 Å². The minimum Gasteiger partial charge on any atom is -0.382 e. The van der Waals surface area contributed by atoms with Gasteiger partial charge in [0, 0.05) is 67.5 Å². The minimum absolute atomic E-state index is 0.118. The number of benzene rings is 2. The number of likely N-dealkylation sites (tertiary alicyclic amines) is 2. The van der Waals surface area contributed by atoms with Gasteiger partial charge in [-0.1, -0.05) is 0 Å². The highest BCUT2D eigenvalue weighted by Gasteiger charge is 2.31. The predicted molar refractivity (Wildman–Crippen MR) is 141 cm³/mol. The number of amides is 1. The van der Waals surface area contributed by atoms with Crippen LogP contribution in [0.25, 0.3) is 0 Å². The van der Waals surface area contributed by atoms with E-state index in [-0.39, 0.29) is 34.6 Å². The van der Waals surface area contributed by atoms with Crippen LogP contribution in [0.15, 0.2) is 53.4 Å². The van der Waals surface area contributed by atoms with Crippen molar-refractivity contribution in [3.05, 3.63) is 54.1 Å². The first-order valence-electron chi connectivity index (χ1n) is 13.0. The van der Waals surface area contributed by atoms with Crippen LogP contribution in [0.5, 0.6) is 0 Å². The number of alkyl halides is 6. The highest BCUT2D eigenvalue weighted by Crippen LogP contribution is 2.37. The molecule has 2 aliphatic heterocycles. The lowest BCUT2D eigenvalue weighted by atomic mass is 10.0. The van der Waals surface area contributed by atoms with E-state index in [1.54, 1.807) is 12.1 Å². The smallest absolute Gasteiger partial charge is 0.382 e. The number of carbonyl (C=O) groups is 1. The molecular weight excluding hydrogens is 542 g/mol. The van der Waals surface area contributed by atoms with Gasteiger partial charge in [-0.3, -0.25) is 4.79 Å². The minimum atomic E-state index is -4.34. The zero-order valence-corrected chi connectivity index (χ0v) is 22.1. The SMILES string of the molecule is O=C(CCN1CCC(Nc2ccc(C(F)(F)F)cc2)CC1)N1CCC(Nc2ccc(SC(F)(F)F)cc2)CC1. The van der Waals surface area contributed by atoms with E-state index in [1.807, 2.05) is 4.90 Å². The predicted octanol–water partition coefficient (Wildman–Crippen LogP) is 6.69. The molecule has 1 amide bonds. The maximum absolute atomic E-state index is 12.8. The summed E-state index contributed by atoms with van der Waals surface area (Å²) in [6.45, 7) is 3.58. The summed E-state index contributed by atoms with van der Waals surface area (Å²) in [5.41, 5.74) is -3.53. The van der Waals surface area contributed by atoms with Crippen molar-refractivity contribution in [2.45, 2.75) is 60.8 Å². The Morgan fingerprint density at radius 2 is 1.26 bits per heavy atom. The van der Waals surface area contributed by atoms with Crippen molar-refractivity contribution >= 4 is 29.0 Å². The Morgan fingerprint density at radius 1 is 0.769 bits per heavy atom. The average Bonchev–Trinajstić information content (AvgIpc) is 2.89. The number of nitrogens with one attached hydrogen (secondary N) is 2. The molecule has 0 aliphatic carbocycles. The van der Waals surface area contributed by atoms with Gasteiger partial charge in [0.25, 0.3) is 0 Å². The second kappa shape index (κ2) is 12.7. The number of piperidine rings is 2. The summed E-state index contributed by atoms with van der Waals surface area (Å²) in [6.07, 6.45) is -0.666. The molecule has 0 bridgehead atoms. The molecule has 0 saturated carbocycles. The summed E-state index contributed by atoms with van der Waals surface area (Å²) < 4.78 is 75.7. The maximum Gasteiger partial charge on any atom is 0.446 e. The van der Waals surface area contributed by atoms with Crippen LogP contribution in [0.4, 0.5) is 37.7 Å². The number of thioether (sulfide) groups is 1. The van der Waals surface area contributed by atoms with Crippen LogP contribution in [-0.4, -0.2) is 66.0 Å². The van der Waals surface area contributed by atoms with Crippen LogP contribution >= 0.6 is 11.8 Å². The van der Waals surface area contributed by atoms with E-state index < -0.39 is 17.2 Å². The quantitative estimate of drug-likeness (QED) is 0.272. The number of halogens is 6. The van der Waals surface area contributed by atoms with Gasteiger partial charge in [-0.2, -0.15) is 26.3 Å². The highest BCUT2D eigenvalue weighted by atomic mass is 32.2. The molecule has 0 spiro atoms. The van der Waals surface area contributed by atoms with E-state index in [2.05, 4.69) is 15.5 Å². The monoisotopic (exact) mass is 574 g/mol. The lowest BCUT2D eigenvalue weighted by molar-refractivity contribution is -0.137. The van der Waals surface area contributed by atoms with Crippen molar-refractivity contribution < 1.29 is 31.1 Å². The van der Waals surface area contributed by atoms with Crippen molar-refractivity contribution in [3.8, 4) is 0 Å². The molecule has 12 heteroatoms. The first-order valence-corrected chi connectivity index (χ1v) is 13.8. The molecule has 5 nitrogen and oxygen atoms in total. The van der Waals surface area contributed by atoms with Gasteiger partial charge in [0.15, 0.2) is 0 Å². The summed E-state index contributed by atoms with van der Waals surface area (Å²) >= 11 is -0.135. The van der Waals surface area contributed by atoms with E-state index in [9.17, 15) is 31.1 Å². The van der Waals surface area contributed by atoms with Crippen LogP contribution in [-0.2, 0) is 11.0 Å². The molecule has 2 aliphatic rings. The molecule has 2 saturated heterocycles. The molecule has 39 heavy (non-hydrogen) atoms. The van der Waals surface area contributed by atoms with E-state index >= 15 is 0 Å². The number of rotatable bonds is 8. The maximum atomic E-state index is 12.8. The van der Waals surface area contributed by atoms with Gasteiger partial charge in [-0.25, -0.2) is 0 Å². The Labute approximate surface area is 228 Å². The Kier molecular flexibility index (Phi) is 9.58. The fraction of sp³-hybridized carbons (Fsp3) is 0.519. The molecule has 2 aromatic carbocycles. The van der Waals surface area contributed by atoms with Crippen molar-refractivity contribution in [1.29, 1.82) is 0 Å². The second-order valence-electron chi connectivity index (χ2n) is 9.96. The fourth-order valence-corrected chi connectivity index (χ4v) is 5.51. The lowest BCUT2D eigenvalue weighted by Crippen LogP contribution is -2.44. The Balaban J connectivity index is 1.12. The fourth-order valence-electron chi connectivity index (χ4n) is 4.97. The molecule has 0 atom stereocenters. The molecule has 214 valence electrons. The third-order valence-electron chi connectivity index (χ3n) is 7.12. The topological polar surface area (TPSA) is 47.6 Å². The second-order valence-corrected chi connectivity index (χ2v) is 11.1. The van der Waals surface area contributed by atoms with Crippen LogP contribution in [0, 0.1) is 0 Å². The third kappa shape index (κ3) is 9.23. The summed E-state index contributed by atoms with van der Waals surface area (Å²) in [5.74, 6) is 0.118. The number of nitrogens with zero attached hydrogens (tertiary/aromatic N) is 2. The third-order valence-corrected chi connectivity index (χ3v) is 7.86. The van der Waals surface area contributed by atoms with Crippen molar-refractivity contribution in [1.82, 2.24) is 9.80 Å². The van der Waals surface area contributed by atoms with E-state index in [0.29, 0.717) is 31.7 Å². The standard InChI is InChI=1S/C27H32F6N4OS/c28-26(29,30)19-1-3-20(4-2-19)34-22-9-14-36(15-10-22)16-13-25(38)37-17-11-23(12-18-37)35-21-5-7-24(8-6-21)39-27(31,32)33/h1-8,22-23,34-35H,9-18H2. The molecule has 4 rings (SSSR count). The van der Waals surface area contributed by atoms with Gasteiger partial charge in [-0.05, 0) is 86.0 Å². The highest BCUT2D eigenvalue weighted by molar-refractivity contribution is 8.00. The molecule has 2 N–H and O–H groups in total. The van der Waals surface area contributed by atoms with Crippen LogP contribution in [0.2, 0.25) is 0 Å². The molecule has 0 radical (unpaired) electrons. The van der Waals surface area contributed by atoms with Crippen molar-refractivity contribution in [2.24, 2.45) is 0 Å². The van der Waals surface area contributed by atoms with Gasteiger partial charge >= 0.3 is 11.7 Å². The number of hydrogen-bond acceptors (Lipinski definition) is 5. The first kappa shape index (κ1) is 29.4. The molecule has 2 fully saturated rings. The first-order chi connectivity index (χ1) is 18.4. The zero-order chi connectivity index (χ0) is 28.0. The van der Waals surface area contributed by atoms with Crippen LogP contribution in [0.3, 0.4) is 0 Å². The lowest BCUT2D eigenvalue weighted by Gasteiger charge is -2.35. The summed E-state index contributed by atoms with van der Waals surface area (Å²) in [5, 5.41) is 6.66. The number of carbonyl (C=O) groups excluding carboxylic acids is 1. The Hall–Kier alpha value is -2.60. The number of anilines is 2. The van der Waals surface area contributed by atoms with Gasteiger partial charge in [0.05, 0.1) is 5.56 Å². The van der Waals surface area contributed by atoms with E-state index in [0.717, 1.165) is 56.6 Å². The molecule has 0 aromatic heterocycles. The summed E-state index contributed by atoms with van der Waals surface area (Å²) in [4.78, 5) is 17.0. The summed E-state index contributed by atoms with van der Waals surface area (Å²) in [6, 6.07) is 11.6. The van der Waals surface area contributed by atoms with E-state index in [4.69, 9.17) is 0 Å². The normalized spacial score (nSPS) is 18.3. The largest absolute Gasteiger partial charge is 0.446 e. The van der Waals surface area contributed by atoms with Gasteiger partial charge in [-0.15, -0.1) is 0 Å². The van der Waals surface area contributed by atoms with Gasteiger partial charge in [0.2, 0.25) is 5.91 Å². The van der Waals surface area contributed by atoms with Crippen LogP contribution < -0.4 is 10.6 Å². The molecule has 0 unspecified atom stereocenters. The van der Waals surface area contributed by atoms with Gasteiger partial charge < -0.3 is 20.4 Å². The molecular formula is C27H32F6N4OS. The molecule has 2 aromatic rings. The van der Waals surface area contributed by atoms with E-state index in [1.165, 1.54) is 24.3 Å². The zero-order valence-electron chi connectivity index (χ0n) is 21.3. The van der Waals surface area contributed by atoms with Gasteiger partial charge in [0.1, 0.15) is 0 Å². The summed E-state index contributed by atoms with van der Waals surface area (Å²) in [7, 11) is 0. The van der Waals surface area contributed by atoms with Crippen molar-refractivity contribution in [2.75, 3.05) is 43.4 Å². The molecule has 2 heterocycles. The van der Waals surface area contributed by atoms with Crippen LogP contribution in [0.1, 0.15) is 37.7 Å². The number of hydrogen-bond donors (Lipinski definition) is 2. The average molecular weight is 575 g/mol. The Bertz CT molecular complexity index is 1060. The Morgan fingerprint density at radius 3 is 1.74 bits per heavy atom.